The zero-order valence-electron chi connectivity index (χ0n) is 15.3. The van der Waals surface area contributed by atoms with Crippen LogP contribution in [0.4, 0.5) is 23.2 Å². The Morgan fingerprint density at radius 1 is 1.14 bits per heavy atom. The highest BCUT2D eigenvalue weighted by Crippen LogP contribution is 2.41. The van der Waals surface area contributed by atoms with Gasteiger partial charge in [-0.1, -0.05) is 6.07 Å². The fraction of sp³-hybridized carbons (Fsp3) is 0.286. The van der Waals surface area contributed by atoms with E-state index < -0.39 is 23.3 Å². The summed E-state index contributed by atoms with van der Waals surface area (Å²) in [6.45, 7) is 0.274. The lowest BCUT2D eigenvalue weighted by Crippen LogP contribution is -2.25. The van der Waals surface area contributed by atoms with Gasteiger partial charge in [0, 0.05) is 23.5 Å². The fourth-order valence-electron chi connectivity index (χ4n) is 3.02. The first-order chi connectivity index (χ1) is 13.7. The Morgan fingerprint density at radius 3 is 2.52 bits per heavy atom. The van der Waals surface area contributed by atoms with Gasteiger partial charge in [0.15, 0.2) is 5.67 Å². The molecule has 0 aliphatic heterocycles. The molecule has 1 aliphatic rings. The van der Waals surface area contributed by atoms with Crippen LogP contribution >= 0.6 is 0 Å². The predicted molar refractivity (Wildman–Crippen MR) is 101 cm³/mol. The first-order valence-electron chi connectivity index (χ1n) is 9.15. The molecular formula is C21H18F4N2O2. The van der Waals surface area contributed by atoms with Crippen LogP contribution < -0.4 is 10.1 Å². The number of hydrogen-bond acceptors (Lipinski definition) is 2. The van der Waals surface area contributed by atoms with Crippen molar-refractivity contribution in [2.75, 3.05) is 11.9 Å². The predicted octanol–water partition coefficient (Wildman–Crippen LogP) is 5.25. The number of carbonyl (C=O) groups is 1. The fourth-order valence-corrected chi connectivity index (χ4v) is 3.02. The number of benzene rings is 2. The average molecular weight is 406 g/mol. The van der Waals surface area contributed by atoms with Gasteiger partial charge < -0.3 is 15.0 Å². The highest BCUT2D eigenvalue weighted by molar-refractivity contribution is 6.05. The third-order valence-electron chi connectivity index (χ3n) is 4.93. The number of alkyl halides is 4. The molecule has 0 bridgehead atoms. The van der Waals surface area contributed by atoms with E-state index in [2.05, 4.69) is 10.3 Å². The van der Waals surface area contributed by atoms with Gasteiger partial charge in [-0.25, -0.2) is 4.39 Å². The van der Waals surface area contributed by atoms with Gasteiger partial charge in [-0.3, -0.25) is 4.79 Å². The van der Waals surface area contributed by atoms with E-state index in [1.165, 1.54) is 12.1 Å². The monoisotopic (exact) mass is 406 g/mol. The molecule has 4 nitrogen and oxygen atoms in total. The Hall–Kier alpha value is -3.03. The van der Waals surface area contributed by atoms with Gasteiger partial charge in [-0.05, 0) is 54.8 Å². The van der Waals surface area contributed by atoms with Crippen molar-refractivity contribution in [1.29, 1.82) is 0 Å². The second kappa shape index (κ2) is 7.09. The van der Waals surface area contributed by atoms with Crippen molar-refractivity contribution in [1.82, 2.24) is 4.98 Å². The summed E-state index contributed by atoms with van der Waals surface area (Å²) in [4.78, 5) is 15.0. The first kappa shape index (κ1) is 19.3. The van der Waals surface area contributed by atoms with Crippen molar-refractivity contribution >= 4 is 22.5 Å². The number of ether oxygens (including phenoxy) is 1. The van der Waals surface area contributed by atoms with Crippen LogP contribution in [0.5, 0.6) is 5.75 Å². The van der Waals surface area contributed by atoms with Gasteiger partial charge in [0.1, 0.15) is 5.75 Å². The molecule has 1 saturated carbocycles. The van der Waals surface area contributed by atoms with Crippen LogP contribution in [0.3, 0.4) is 0 Å². The van der Waals surface area contributed by atoms with Crippen LogP contribution in [-0.2, 0) is 17.4 Å². The van der Waals surface area contributed by atoms with Gasteiger partial charge in [0.25, 0.3) is 5.91 Å². The maximum Gasteiger partial charge on any atom is 0.416 e. The topological polar surface area (TPSA) is 54.1 Å². The molecule has 0 spiro atoms. The van der Waals surface area contributed by atoms with E-state index in [4.69, 9.17) is 4.74 Å². The minimum atomic E-state index is -4.38. The number of anilines is 1. The van der Waals surface area contributed by atoms with Crippen LogP contribution in [0.1, 0.15) is 24.0 Å². The van der Waals surface area contributed by atoms with Gasteiger partial charge in [-0.2, -0.15) is 13.2 Å². The van der Waals surface area contributed by atoms with Crippen LogP contribution in [-0.4, -0.2) is 23.2 Å². The quantitative estimate of drug-likeness (QED) is 0.550. The molecule has 0 unspecified atom stereocenters. The number of carbonyl (C=O) groups excluding carboxylic acids is 1. The van der Waals surface area contributed by atoms with E-state index in [0.29, 0.717) is 17.9 Å². The van der Waals surface area contributed by atoms with Gasteiger partial charge in [-0.15, -0.1) is 0 Å². The molecule has 0 saturated heterocycles. The maximum atomic E-state index is 13.9. The van der Waals surface area contributed by atoms with E-state index in [9.17, 15) is 22.4 Å². The second-order valence-electron chi connectivity index (χ2n) is 7.12. The van der Waals surface area contributed by atoms with Crippen LogP contribution in [0.2, 0.25) is 0 Å². The summed E-state index contributed by atoms with van der Waals surface area (Å²) in [6.07, 6.45) is -1.75. The summed E-state index contributed by atoms with van der Waals surface area (Å²) in [5.74, 6) is -0.277. The summed E-state index contributed by atoms with van der Waals surface area (Å²) in [5.41, 5.74) is -0.244. The molecular weight excluding hydrogens is 388 g/mol. The van der Waals surface area contributed by atoms with Gasteiger partial charge in [0.2, 0.25) is 0 Å². The smallest absolute Gasteiger partial charge is 0.416 e. The molecule has 3 aromatic rings. The Kier molecular flexibility index (Phi) is 4.72. The Morgan fingerprint density at radius 2 is 1.86 bits per heavy atom. The molecule has 4 rings (SSSR count). The van der Waals surface area contributed by atoms with Crippen molar-refractivity contribution in [3.63, 3.8) is 0 Å². The minimum absolute atomic E-state index is 0.244. The van der Waals surface area contributed by atoms with E-state index in [1.807, 2.05) is 18.2 Å². The highest BCUT2D eigenvalue weighted by atomic mass is 19.4. The normalized spacial score (nSPS) is 15.3. The molecule has 1 aromatic heterocycles. The standard InChI is InChI=1S/C21H18F4N2O2/c22-20(8-9-20)19(28)27-18-12-26-17-6-1-13(11-16(17)18)7-10-29-15-4-2-14(3-5-15)21(23,24)25/h1-6,11-12,26H,7-10H2,(H,27,28). The average Bonchev–Trinajstić information content (AvgIpc) is 3.32. The summed E-state index contributed by atoms with van der Waals surface area (Å²) < 4.78 is 57.2. The van der Waals surface area contributed by atoms with E-state index in [1.54, 1.807) is 6.20 Å². The number of aromatic amines is 1. The van der Waals surface area contributed by atoms with Gasteiger partial charge in [0.05, 0.1) is 17.9 Å². The van der Waals surface area contributed by atoms with Crippen LogP contribution in [0.25, 0.3) is 10.9 Å². The maximum absolute atomic E-state index is 13.9. The van der Waals surface area contributed by atoms with Crippen LogP contribution in [0, 0.1) is 0 Å². The molecule has 1 fully saturated rings. The molecule has 29 heavy (non-hydrogen) atoms. The number of amides is 1. The Balaban J connectivity index is 1.39. The van der Waals surface area contributed by atoms with Gasteiger partial charge >= 0.3 is 6.18 Å². The minimum Gasteiger partial charge on any atom is -0.493 e. The highest BCUT2D eigenvalue weighted by Gasteiger charge is 2.51. The number of fused-ring (bicyclic) bond motifs is 1. The molecule has 1 heterocycles. The summed E-state index contributed by atoms with van der Waals surface area (Å²) >= 11 is 0. The number of rotatable bonds is 6. The molecule has 0 atom stereocenters. The molecule has 1 amide bonds. The molecule has 2 aromatic carbocycles. The number of hydrogen-bond donors (Lipinski definition) is 2. The van der Waals surface area contributed by atoms with Crippen molar-refractivity contribution in [2.45, 2.75) is 31.1 Å². The van der Waals surface area contributed by atoms with E-state index in [0.717, 1.165) is 28.6 Å². The molecule has 0 radical (unpaired) electrons. The number of H-pyrrole nitrogens is 1. The van der Waals surface area contributed by atoms with Crippen molar-refractivity contribution in [3.05, 3.63) is 59.8 Å². The largest absolute Gasteiger partial charge is 0.493 e. The SMILES string of the molecule is O=C(Nc1c[nH]c2ccc(CCOc3ccc(C(F)(F)F)cc3)cc12)C1(F)CC1. The zero-order valence-corrected chi connectivity index (χ0v) is 15.3. The lowest BCUT2D eigenvalue weighted by Gasteiger charge is -2.10. The number of aromatic nitrogens is 1. The van der Waals surface area contributed by atoms with Crippen LogP contribution in [0.15, 0.2) is 48.7 Å². The molecule has 152 valence electrons. The molecule has 1 aliphatic carbocycles. The number of halogens is 4. The van der Waals surface area contributed by atoms with E-state index in [-0.39, 0.29) is 19.4 Å². The Labute approximate surface area is 163 Å². The zero-order chi connectivity index (χ0) is 20.6. The third-order valence-corrected chi connectivity index (χ3v) is 4.93. The Bertz CT molecular complexity index is 1040. The number of nitrogens with one attached hydrogen (secondary N) is 2. The van der Waals surface area contributed by atoms with Crippen molar-refractivity contribution in [2.24, 2.45) is 0 Å². The van der Waals surface area contributed by atoms with Crippen molar-refractivity contribution < 1.29 is 27.1 Å². The summed E-state index contributed by atoms with van der Waals surface area (Å²) in [6, 6.07) is 10.1. The molecule has 8 heteroatoms. The first-order valence-corrected chi connectivity index (χ1v) is 9.15. The third kappa shape index (κ3) is 4.21. The lowest BCUT2D eigenvalue weighted by atomic mass is 10.1. The molecule has 2 N–H and O–H groups in total. The summed E-state index contributed by atoms with van der Waals surface area (Å²) in [5, 5.41) is 3.38. The summed E-state index contributed by atoms with van der Waals surface area (Å²) in [7, 11) is 0. The lowest BCUT2D eigenvalue weighted by molar-refractivity contribution is -0.137. The van der Waals surface area contributed by atoms with Crippen molar-refractivity contribution in [3.8, 4) is 5.75 Å². The van der Waals surface area contributed by atoms with E-state index >= 15 is 0 Å². The second-order valence-corrected chi connectivity index (χ2v) is 7.12.